The highest BCUT2D eigenvalue weighted by molar-refractivity contribution is 7.15. The van der Waals surface area contributed by atoms with E-state index in [1.807, 2.05) is 23.5 Å². The molecule has 22 heavy (non-hydrogen) atoms. The van der Waals surface area contributed by atoms with E-state index in [2.05, 4.69) is 55.5 Å². The molecule has 0 aliphatic rings. The van der Waals surface area contributed by atoms with Gasteiger partial charge in [-0.25, -0.2) is 0 Å². The van der Waals surface area contributed by atoms with Crippen LogP contribution in [0.4, 0.5) is 0 Å². The third-order valence-electron chi connectivity index (χ3n) is 3.85. The Morgan fingerprint density at radius 3 is 2.14 bits per heavy atom. The summed E-state index contributed by atoms with van der Waals surface area (Å²) in [5.41, 5.74) is 4.01. The standard InChI is InChI=1S/C20H20OS/c1-3-15-4-8-17(9-5-15)20-13-12-19(22-20)14-16-6-10-18(21-2)11-7-16/h4-13H,3,14H2,1-2H3. The SMILES string of the molecule is CCc1ccc(-c2ccc(Cc3ccc(OC)cc3)s2)cc1. The van der Waals surface area contributed by atoms with Crippen LogP contribution in [0.3, 0.4) is 0 Å². The Bertz CT molecular complexity index is 723. The summed E-state index contributed by atoms with van der Waals surface area (Å²) in [5.74, 6) is 0.909. The molecule has 0 saturated carbocycles. The van der Waals surface area contributed by atoms with Crippen molar-refractivity contribution in [2.75, 3.05) is 7.11 Å². The van der Waals surface area contributed by atoms with Crippen LogP contribution in [0.5, 0.6) is 5.75 Å². The van der Waals surface area contributed by atoms with Gasteiger partial charge in [0, 0.05) is 16.2 Å². The maximum absolute atomic E-state index is 5.20. The fourth-order valence-corrected chi connectivity index (χ4v) is 3.52. The van der Waals surface area contributed by atoms with E-state index in [-0.39, 0.29) is 0 Å². The van der Waals surface area contributed by atoms with Crippen LogP contribution in [-0.4, -0.2) is 7.11 Å². The molecule has 0 spiro atoms. The lowest BCUT2D eigenvalue weighted by molar-refractivity contribution is 0.414. The molecule has 1 aromatic heterocycles. The second-order valence-electron chi connectivity index (χ2n) is 5.34. The Kier molecular flexibility index (Phi) is 4.59. The van der Waals surface area contributed by atoms with Gasteiger partial charge in [0.25, 0.3) is 0 Å². The molecule has 3 rings (SSSR count). The summed E-state index contributed by atoms with van der Waals surface area (Å²) in [6.07, 6.45) is 2.06. The van der Waals surface area contributed by atoms with Gasteiger partial charge in [-0.1, -0.05) is 43.3 Å². The topological polar surface area (TPSA) is 9.23 Å². The summed E-state index contributed by atoms with van der Waals surface area (Å²) in [6, 6.07) is 21.7. The molecule has 0 fully saturated rings. The Labute approximate surface area is 136 Å². The summed E-state index contributed by atoms with van der Waals surface area (Å²) >= 11 is 1.87. The molecular weight excluding hydrogens is 288 g/mol. The van der Waals surface area contributed by atoms with Crippen LogP contribution >= 0.6 is 11.3 Å². The van der Waals surface area contributed by atoms with E-state index < -0.39 is 0 Å². The van der Waals surface area contributed by atoms with Gasteiger partial charge in [0.05, 0.1) is 7.11 Å². The van der Waals surface area contributed by atoms with Crippen molar-refractivity contribution < 1.29 is 4.74 Å². The maximum Gasteiger partial charge on any atom is 0.118 e. The van der Waals surface area contributed by atoms with E-state index >= 15 is 0 Å². The van der Waals surface area contributed by atoms with Crippen molar-refractivity contribution in [1.29, 1.82) is 0 Å². The fourth-order valence-electron chi connectivity index (χ4n) is 2.48. The third kappa shape index (κ3) is 3.40. The first-order valence-corrected chi connectivity index (χ1v) is 8.41. The molecule has 0 unspecified atom stereocenters. The lowest BCUT2D eigenvalue weighted by Gasteiger charge is -2.02. The number of hydrogen-bond donors (Lipinski definition) is 0. The highest BCUT2D eigenvalue weighted by Crippen LogP contribution is 2.30. The Balaban J connectivity index is 1.74. The van der Waals surface area contributed by atoms with E-state index in [0.29, 0.717) is 0 Å². The smallest absolute Gasteiger partial charge is 0.118 e. The maximum atomic E-state index is 5.20. The molecule has 0 amide bonds. The number of methoxy groups -OCH3 is 1. The predicted molar refractivity (Wildman–Crippen MR) is 94.9 cm³/mol. The zero-order valence-electron chi connectivity index (χ0n) is 13.0. The second kappa shape index (κ2) is 6.80. The van der Waals surface area contributed by atoms with Gasteiger partial charge in [-0.15, -0.1) is 11.3 Å². The molecule has 0 bridgehead atoms. The largest absolute Gasteiger partial charge is 0.497 e. The van der Waals surface area contributed by atoms with Crippen molar-refractivity contribution in [3.63, 3.8) is 0 Å². The number of rotatable bonds is 5. The third-order valence-corrected chi connectivity index (χ3v) is 4.98. The Hall–Kier alpha value is -2.06. The highest BCUT2D eigenvalue weighted by atomic mass is 32.1. The number of thiophene rings is 1. The van der Waals surface area contributed by atoms with Crippen LogP contribution in [-0.2, 0) is 12.8 Å². The van der Waals surface area contributed by atoms with Gasteiger partial charge in [-0.2, -0.15) is 0 Å². The molecule has 0 N–H and O–H groups in total. The summed E-state index contributed by atoms with van der Waals surface area (Å²) in [5, 5.41) is 0. The minimum absolute atomic E-state index is 0.909. The van der Waals surface area contributed by atoms with Crippen LogP contribution < -0.4 is 4.74 Å². The quantitative estimate of drug-likeness (QED) is 0.598. The molecule has 3 aromatic rings. The van der Waals surface area contributed by atoms with Crippen molar-refractivity contribution in [3.8, 4) is 16.2 Å². The predicted octanol–water partition coefficient (Wildman–Crippen LogP) is 5.58. The molecule has 2 aromatic carbocycles. The van der Waals surface area contributed by atoms with Crippen molar-refractivity contribution in [3.05, 3.63) is 76.7 Å². The van der Waals surface area contributed by atoms with Crippen molar-refractivity contribution in [1.82, 2.24) is 0 Å². The van der Waals surface area contributed by atoms with E-state index in [4.69, 9.17) is 4.74 Å². The van der Waals surface area contributed by atoms with Gasteiger partial charge in [0.2, 0.25) is 0 Å². The average molecular weight is 308 g/mol. The number of hydrogen-bond acceptors (Lipinski definition) is 2. The normalized spacial score (nSPS) is 10.6. The monoisotopic (exact) mass is 308 g/mol. The van der Waals surface area contributed by atoms with Crippen LogP contribution in [0.25, 0.3) is 10.4 Å². The summed E-state index contributed by atoms with van der Waals surface area (Å²) in [6.45, 7) is 2.19. The minimum Gasteiger partial charge on any atom is -0.497 e. The molecular formula is C20H20OS. The molecule has 2 heteroatoms. The molecule has 0 atom stereocenters. The Morgan fingerprint density at radius 1 is 0.818 bits per heavy atom. The first kappa shape index (κ1) is 14.9. The zero-order chi connectivity index (χ0) is 15.4. The lowest BCUT2D eigenvalue weighted by Crippen LogP contribution is -1.86. The summed E-state index contributed by atoms with van der Waals surface area (Å²) in [4.78, 5) is 2.73. The molecule has 0 saturated heterocycles. The first-order valence-electron chi connectivity index (χ1n) is 7.59. The molecule has 112 valence electrons. The van der Waals surface area contributed by atoms with Gasteiger partial charge in [0.1, 0.15) is 5.75 Å². The van der Waals surface area contributed by atoms with Crippen LogP contribution in [0.2, 0.25) is 0 Å². The van der Waals surface area contributed by atoms with E-state index in [9.17, 15) is 0 Å². The van der Waals surface area contributed by atoms with Crippen molar-refractivity contribution in [2.45, 2.75) is 19.8 Å². The van der Waals surface area contributed by atoms with Gasteiger partial charge in [-0.3, -0.25) is 0 Å². The number of benzene rings is 2. The molecule has 1 nitrogen and oxygen atoms in total. The zero-order valence-corrected chi connectivity index (χ0v) is 13.8. The molecule has 0 aliphatic carbocycles. The summed E-state index contributed by atoms with van der Waals surface area (Å²) in [7, 11) is 1.70. The van der Waals surface area contributed by atoms with E-state index in [1.165, 1.54) is 26.4 Å². The van der Waals surface area contributed by atoms with Crippen molar-refractivity contribution in [2.24, 2.45) is 0 Å². The van der Waals surface area contributed by atoms with Gasteiger partial charge in [0.15, 0.2) is 0 Å². The van der Waals surface area contributed by atoms with E-state index in [1.54, 1.807) is 7.11 Å². The van der Waals surface area contributed by atoms with Gasteiger partial charge < -0.3 is 4.74 Å². The van der Waals surface area contributed by atoms with Crippen LogP contribution in [0.15, 0.2) is 60.7 Å². The fraction of sp³-hybridized carbons (Fsp3) is 0.200. The first-order chi connectivity index (χ1) is 10.8. The molecule has 1 heterocycles. The number of ether oxygens (including phenoxy) is 1. The average Bonchev–Trinajstić information content (AvgIpc) is 3.04. The lowest BCUT2D eigenvalue weighted by atomic mass is 10.1. The van der Waals surface area contributed by atoms with Gasteiger partial charge in [-0.05, 0) is 47.4 Å². The molecule has 0 aliphatic heterocycles. The Morgan fingerprint density at radius 2 is 1.50 bits per heavy atom. The highest BCUT2D eigenvalue weighted by Gasteiger charge is 2.04. The van der Waals surface area contributed by atoms with Crippen molar-refractivity contribution >= 4 is 11.3 Å². The van der Waals surface area contributed by atoms with E-state index in [0.717, 1.165) is 18.6 Å². The molecule has 0 radical (unpaired) electrons. The summed E-state index contributed by atoms with van der Waals surface area (Å²) < 4.78 is 5.20. The second-order valence-corrected chi connectivity index (χ2v) is 6.51. The van der Waals surface area contributed by atoms with Crippen LogP contribution in [0.1, 0.15) is 22.9 Å². The number of aryl methyl sites for hydroxylation is 1. The van der Waals surface area contributed by atoms with Crippen LogP contribution in [0, 0.1) is 0 Å². The minimum atomic E-state index is 0.909. The van der Waals surface area contributed by atoms with Gasteiger partial charge >= 0.3 is 0 Å².